The van der Waals surface area contributed by atoms with Gasteiger partial charge in [0.1, 0.15) is 0 Å². The van der Waals surface area contributed by atoms with E-state index < -0.39 is 30.1 Å². The second-order valence-corrected chi connectivity index (χ2v) is 5.19. The zero-order chi connectivity index (χ0) is 14.3. The van der Waals surface area contributed by atoms with Gasteiger partial charge in [-0.2, -0.15) is 23.3 Å². The SMILES string of the molecule is CCCCC1=NN(C(=O)C2CC2)[C@@](O)(C(F)(F)F)C1. The van der Waals surface area contributed by atoms with Crippen LogP contribution in [-0.4, -0.2) is 33.6 Å². The number of halogens is 3. The molecule has 0 radical (unpaired) electrons. The number of rotatable bonds is 4. The Kier molecular flexibility index (Phi) is 3.59. The van der Waals surface area contributed by atoms with Gasteiger partial charge in [0.25, 0.3) is 5.72 Å². The number of hydrogen-bond donors (Lipinski definition) is 1. The number of hydrazone groups is 1. The Balaban J connectivity index is 2.21. The Morgan fingerprint density at radius 3 is 2.63 bits per heavy atom. The first-order chi connectivity index (χ1) is 8.79. The lowest BCUT2D eigenvalue weighted by molar-refractivity contribution is -0.302. The maximum atomic E-state index is 13.0. The third-order valence-electron chi connectivity index (χ3n) is 3.45. The van der Waals surface area contributed by atoms with Crippen LogP contribution in [-0.2, 0) is 4.79 Å². The van der Waals surface area contributed by atoms with Gasteiger partial charge in [0.15, 0.2) is 0 Å². The van der Waals surface area contributed by atoms with Crippen molar-refractivity contribution in [2.24, 2.45) is 11.0 Å². The second kappa shape index (κ2) is 4.77. The van der Waals surface area contributed by atoms with Crippen LogP contribution >= 0.6 is 0 Å². The van der Waals surface area contributed by atoms with Crippen molar-refractivity contribution >= 4 is 11.6 Å². The summed E-state index contributed by atoms with van der Waals surface area (Å²) < 4.78 is 39.1. The van der Waals surface area contributed by atoms with Crippen molar-refractivity contribution in [1.29, 1.82) is 0 Å². The number of nitrogens with zero attached hydrogens (tertiary/aromatic N) is 2. The number of carbonyl (C=O) groups excluding carboxylic acids is 1. The van der Waals surface area contributed by atoms with Gasteiger partial charge in [0.2, 0.25) is 5.91 Å². The molecule has 0 aromatic heterocycles. The lowest BCUT2D eigenvalue weighted by Gasteiger charge is -2.32. The molecule has 0 unspecified atom stereocenters. The highest BCUT2D eigenvalue weighted by Gasteiger charge is 2.63. The zero-order valence-electron chi connectivity index (χ0n) is 10.7. The van der Waals surface area contributed by atoms with Gasteiger partial charge < -0.3 is 5.11 Å². The van der Waals surface area contributed by atoms with Crippen LogP contribution < -0.4 is 0 Å². The van der Waals surface area contributed by atoms with Crippen molar-refractivity contribution in [3.63, 3.8) is 0 Å². The Morgan fingerprint density at radius 1 is 1.53 bits per heavy atom. The molecule has 1 amide bonds. The first-order valence-corrected chi connectivity index (χ1v) is 6.49. The average Bonchev–Trinajstić information content (AvgIpc) is 3.09. The molecule has 1 fully saturated rings. The minimum absolute atomic E-state index is 0.246. The van der Waals surface area contributed by atoms with Crippen molar-refractivity contribution in [2.45, 2.75) is 57.3 Å². The summed E-state index contributed by atoms with van der Waals surface area (Å²) in [5.41, 5.74) is -2.91. The number of aliphatic hydroxyl groups is 1. The Hall–Kier alpha value is -1.11. The van der Waals surface area contributed by atoms with Crippen molar-refractivity contribution in [3.8, 4) is 0 Å². The van der Waals surface area contributed by atoms with Gasteiger partial charge in [0, 0.05) is 18.1 Å². The maximum Gasteiger partial charge on any atom is 0.438 e. The molecule has 1 aliphatic carbocycles. The van der Waals surface area contributed by atoms with Gasteiger partial charge in [-0.1, -0.05) is 13.3 Å². The summed E-state index contributed by atoms with van der Waals surface area (Å²) in [5.74, 6) is -1.13. The van der Waals surface area contributed by atoms with Crippen LogP contribution in [0, 0.1) is 5.92 Å². The molecule has 1 aliphatic heterocycles. The van der Waals surface area contributed by atoms with Crippen LogP contribution in [0.1, 0.15) is 45.4 Å². The number of amides is 1. The van der Waals surface area contributed by atoms with Crippen molar-refractivity contribution in [1.82, 2.24) is 5.01 Å². The van der Waals surface area contributed by atoms with Crippen LogP contribution in [0.15, 0.2) is 5.10 Å². The van der Waals surface area contributed by atoms with E-state index in [1.165, 1.54) is 0 Å². The van der Waals surface area contributed by atoms with E-state index in [0.717, 1.165) is 6.42 Å². The van der Waals surface area contributed by atoms with E-state index in [2.05, 4.69) is 5.10 Å². The van der Waals surface area contributed by atoms with Crippen LogP contribution in [0.3, 0.4) is 0 Å². The highest BCUT2D eigenvalue weighted by molar-refractivity contribution is 5.91. The van der Waals surface area contributed by atoms with Gasteiger partial charge in [0.05, 0.1) is 0 Å². The average molecular weight is 278 g/mol. The zero-order valence-corrected chi connectivity index (χ0v) is 10.7. The number of carbonyl (C=O) groups is 1. The fraction of sp³-hybridized carbons (Fsp3) is 0.833. The first-order valence-electron chi connectivity index (χ1n) is 6.49. The molecule has 1 saturated carbocycles. The molecule has 19 heavy (non-hydrogen) atoms. The summed E-state index contributed by atoms with van der Waals surface area (Å²) in [6.45, 7) is 1.92. The summed E-state index contributed by atoms with van der Waals surface area (Å²) in [7, 11) is 0. The van der Waals surface area contributed by atoms with Crippen molar-refractivity contribution in [2.75, 3.05) is 0 Å². The quantitative estimate of drug-likeness (QED) is 0.858. The molecule has 0 aromatic rings. The predicted octanol–water partition coefficient (Wildman–Crippen LogP) is 2.43. The number of unbranched alkanes of at least 4 members (excludes halogenated alkanes) is 1. The third kappa shape index (κ3) is 2.61. The van der Waals surface area contributed by atoms with Crippen LogP contribution in [0.4, 0.5) is 13.2 Å². The summed E-state index contributed by atoms with van der Waals surface area (Å²) in [5, 5.41) is 13.9. The third-order valence-corrected chi connectivity index (χ3v) is 3.45. The predicted molar refractivity (Wildman–Crippen MR) is 62.2 cm³/mol. The normalized spacial score (nSPS) is 27.6. The molecule has 4 nitrogen and oxygen atoms in total. The number of hydrogen-bond acceptors (Lipinski definition) is 3. The molecule has 0 spiro atoms. The van der Waals surface area contributed by atoms with Crippen LogP contribution in [0.2, 0.25) is 0 Å². The van der Waals surface area contributed by atoms with E-state index in [9.17, 15) is 23.1 Å². The van der Waals surface area contributed by atoms with E-state index in [-0.39, 0.29) is 10.7 Å². The molecule has 1 N–H and O–H groups in total. The lowest BCUT2D eigenvalue weighted by atomic mass is 10.0. The molecule has 0 bridgehead atoms. The van der Waals surface area contributed by atoms with Gasteiger partial charge in [-0.15, -0.1) is 0 Å². The van der Waals surface area contributed by atoms with Gasteiger partial charge in [-0.05, 0) is 25.7 Å². The topological polar surface area (TPSA) is 52.9 Å². The molecule has 7 heteroatoms. The minimum Gasteiger partial charge on any atom is -0.362 e. The van der Waals surface area contributed by atoms with Gasteiger partial charge >= 0.3 is 6.18 Å². The van der Waals surface area contributed by atoms with Crippen LogP contribution in [0.5, 0.6) is 0 Å². The molecule has 2 rings (SSSR count). The molecule has 0 saturated heterocycles. The summed E-state index contributed by atoms with van der Waals surface area (Å²) >= 11 is 0. The fourth-order valence-electron chi connectivity index (χ4n) is 2.09. The molecule has 0 aromatic carbocycles. The van der Waals surface area contributed by atoms with E-state index in [1.54, 1.807) is 0 Å². The largest absolute Gasteiger partial charge is 0.438 e. The van der Waals surface area contributed by atoms with Crippen molar-refractivity contribution in [3.05, 3.63) is 0 Å². The summed E-state index contributed by atoms with van der Waals surface area (Å²) in [6.07, 6.45) is -2.49. The molecular weight excluding hydrogens is 261 g/mol. The monoisotopic (exact) mass is 278 g/mol. The second-order valence-electron chi connectivity index (χ2n) is 5.19. The van der Waals surface area contributed by atoms with E-state index >= 15 is 0 Å². The Labute approximate surface area is 109 Å². The van der Waals surface area contributed by atoms with Gasteiger partial charge in [-0.25, -0.2) is 0 Å². The smallest absolute Gasteiger partial charge is 0.362 e. The number of alkyl halides is 3. The molecule has 2 aliphatic rings. The molecular formula is C12H17F3N2O2. The minimum atomic E-state index is -4.89. The molecule has 1 heterocycles. The van der Waals surface area contributed by atoms with Gasteiger partial charge in [-0.3, -0.25) is 4.79 Å². The standard InChI is InChI=1S/C12H17F3N2O2/c1-2-3-4-9-7-11(19,12(13,14)15)17(16-9)10(18)8-5-6-8/h8,19H,2-7H2,1H3/t11-/m0/s1. The maximum absolute atomic E-state index is 13.0. The fourth-order valence-corrected chi connectivity index (χ4v) is 2.09. The summed E-state index contributed by atoms with van der Waals surface area (Å²) in [6, 6.07) is 0. The first kappa shape index (κ1) is 14.3. The lowest BCUT2D eigenvalue weighted by Crippen LogP contribution is -2.57. The molecule has 1 atom stereocenters. The Morgan fingerprint density at radius 2 is 2.16 bits per heavy atom. The van der Waals surface area contributed by atoms with E-state index in [1.807, 2.05) is 6.92 Å². The van der Waals surface area contributed by atoms with Crippen LogP contribution in [0.25, 0.3) is 0 Å². The van der Waals surface area contributed by atoms with E-state index in [4.69, 9.17) is 0 Å². The summed E-state index contributed by atoms with van der Waals surface area (Å²) in [4.78, 5) is 11.8. The Bertz CT molecular complexity index is 404. The highest BCUT2D eigenvalue weighted by atomic mass is 19.4. The highest BCUT2D eigenvalue weighted by Crippen LogP contribution is 2.44. The van der Waals surface area contributed by atoms with E-state index in [0.29, 0.717) is 25.7 Å². The van der Waals surface area contributed by atoms with Crippen molar-refractivity contribution < 1.29 is 23.1 Å². The molecule has 108 valence electrons.